The summed E-state index contributed by atoms with van der Waals surface area (Å²) < 4.78 is 7.49. The van der Waals surface area contributed by atoms with Gasteiger partial charge in [0.05, 0.1) is 19.2 Å². The highest BCUT2D eigenvalue weighted by molar-refractivity contribution is 6.31. The lowest BCUT2D eigenvalue weighted by atomic mass is 9.89. The van der Waals surface area contributed by atoms with Crippen LogP contribution >= 0.6 is 11.6 Å². The monoisotopic (exact) mass is 361 g/mol. The SMILES string of the molecule is CCn1ccnc1CN1CCC[C@@H](C(=O)c2cc(Cl)ccc2OC)C1. The third kappa shape index (κ3) is 4.05. The molecule has 0 spiro atoms. The van der Waals surface area contributed by atoms with E-state index in [1.807, 2.05) is 12.4 Å². The minimum absolute atomic E-state index is 0.0360. The van der Waals surface area contributed by atoms with Crippen molar-refractivity contribution in [1.29, 1.82) is 0 Å². The number of aryl methyl sites for hydroxylation is 1. The van der Waals surface area contributed by atoms with Gasteiger partial charge in [0.15, 0.2) is 5.78 Å². The van der Waals surface area contributed by atoms with Crippen LogP contribution in [0.2, 0.25) is 5.02 Å². The molecule has 1 aliphatic rings. The van der Waals surface area contributed by atoms with Crippen molar-refractivity contribution >= 4 is 17.4 Å². The van der Waals surface area contributed by atoms with Crippen LogP contribution in [0.4, 0.5) is 0 Å². The van der Waals surface area contributed by atoms with E-state index in [2.05, 4.69) is 21.4 Å². The zero-order chi connectivity index (χ0) is 17.8. The van der Waals surface area contributed by atoms with Crippen molar-refractivity contribution in [1.82, 2.24) is 14.5 Å². The fourth-order valence-corrected chi connectivity index (χ4v) is 3.66. The van der Waals surface area contributed by atoms with Crippen LogP contribution in [0.25, 0.3) is 0 Å². The van der Waals surface area contributed by atoms with Gasteiger partial charge in [-0.1, -0.05) is 11.6 Å². The molecule has 6 heteroatoms. The summed E-state index contributed by atoms with van der Waals surface area (Å²) in [6, 6.07) is 5.22. The fourth-order valence-electron chi connectivity index (χ4n) is 3.49. The number of halogens is 1. The molecule has 0 N–H and O–H groups in total. The normalized spacial score (nSPS) is 18.3. The number of likely N-dealkylation sites (tertiary alicyclic amines) is 1. The number of benzene rings is 1. The van der Waals surface area contributed by atoms with Gasteiger partial charge in [0.25, 0.3) is 0 Å². The largest absolute Gasteiger partial charge is 0.496 e. The minimum atomic E-state index is -0.0360. The standard InChI is InChI=1S/C19H24ClN3O2/c1-3-23-10-8-21-18(23)13-22-9-4-5-14(12-22)19(24)16-11-15(20)6-7-17(16)25-2/h6-8,10-11,14H,3-5,9,12-13H2,1-2H3/t14-/m1/s1. The van der Waals surface area contributed by atoms with Crippen LogP contribution in [0.3, 0.4) is 0 Å². The van der Waals surface area contributed by atoms with Crippen molar-refractivity contribution in [2.24, 2.45) is 5.92 Å². The molecule has 1 aliphatic heterocycles. The molecule has 0 aliphatic carbocycles. The van der Waals surface area contributed by atoms with Crippen LogP contribution in [0.1, 0.15) is 35.9 Å². The second-order valence-corrected chi connectivity index (χ2v) is 6.85. The quantitative estimate of drug-likeness (QED) is 0.737. The van der Waals surface area contributed by atoms with E-state index in [0.717, 1.165) is 44.8 Å². The first-order chi connectivity index (χ1) is 12.1. The lowest BCUT2D eigenvalue weighted by Gasteiger charge is -2.32. The molecule has 0 bridgehead atoms. The number of rotatable bonds is 6. The van der Waals surface area contributed by atoms with Crippen LogP contribution in [0, 0.1) is 5.92 Å². The van der Waals surface area contributed by atoms with Crippen LogP contribution in [0.15, 0.2) is 30.6 Å². The third-order valence-corrected chi connectivity index (χ3v) is 5.05. The Hall–Kier alpha value is -1.85. The summed E-state index contributed by atoms with van der Waals surface area (Å²) in [6.07, 6.45) is 5.74. The van der Waals surface area contributed by atoms with Gasteiger partial charge < -0.3 is 9.30 Å². The molecule has 25 heavy (non-hydrogen) atoms. The van der Waals surface area contributed by atoms with Gasteiger partial charge in [-0.05, 0) is 44.5 Å². The number of piperidine rings is 1. The van der Waals surface area contributed by atoms with Gasteiger partial charge in [0.1, 0.15) is 11.6 Å². The number of imidazole rings is 1. The first kappa shape index (κ1) is 18.0. The molecule has 1 saturated heterocycles. The van der Waals surface area contributed by atoms with Crippen molar-refractivity contribution in [2.75, 3.05) is 20.2 Å². The smallest absolute Gasteiger partial charge is 0.170 e. The second kappa shape index (κ2) is 8.02. The van der Waals surface area contributed by atoms with E-state index >= 15 is 0 Å². The molecule has 5 nitrogen and oxygen atoms in total. The Morgan fingerprint density at radius 2 is 2.28 bits per heavy atom. The van der Waals surface area contributed by atoms with E-state index in [-0.39, 0.29) is 11.7 Å². The average Bonchev–Trinajstić information content (AvgIpc) is 3.08. The third-order valence-electron chi connectivity index (χ3n) is 4.81. The highest BCUT2D eigenvalue weighted by Gasteiger charge is 2.29. The molecule has 1 atom stereocenters. The zero-order valence-corrected chi connectivity index (χ0v) is 15.5. The second-order valence-electron chi connectivity index (χ2n) is 6.41. The predicted octanol–water partition coefficient (Wildman–Crippen LogP) is 3.66. The van der Waals surface area contributed by atoms with Gasteiger partial charge in [-0.15, -0.1) is 0 Å². The van der Waals surface area contributed by atoms with Crippen LogP contribution < -0.4 is 4.74 Å². The van der Waals surface area contributed by atoms with E-state index < -0.39 is 0 Å². The summed E-state index contributed by atoms with van der Waals surface area (Å²) in [5.41, 5.74) is 0.580. The van der Waals surface area contributed by atoms with E-state index in [1.165, 1.54) is 0 Å². The number of hydrogen-bond donors (Lipinski definition) is 0. The zero-order valence-electron chi connectivity index (χ0n) is 14.7. The van der Waals surface area contributed by atoms with Gasteiger partial charge >= 0.3 is 0 Å². The van der Waals surface area contributed by atoms with Crippen molar-refractivity contribution < 1.29 is 9.53 Å². The Morgan fingerprint density at radius 3 is 3.04 bits per heavy atom. The molecule has 0 radical (unpaired) electrons. The summed E-state index contributed by atoms with van der Waals surface area (Å²) in [6.45, 7) is 5.53. The Balaban J connectivity index is 1.73. The lowest BCUT2D eigenvalue weighted by Crippen LogP contribution is -2.39. The number of carbonyl (C=O) groups is 1. The molecule has 3 rings (SSSR count). The highest BCUT2D eigenvalue weighted by Crippen LogP contribution is 2.29. The summed E-state index contributed by atoms with van der Waals surface area (Å²) >= 11 is 6.08. The average molecular weight is 362 g/mol. The number of Topliss-reactive ketones (excluding diaryl/α,β-unsaturated/α-hetero) is 1. The van der Waals surface area contributed by atoms with Gasteiger partial charge in [0, 0.05) is 36.4 Å². The lowest BCUT2D eigenvalue weighted by molar-refractivity contribution is 0.0804. The van der Waals surface area contributed by atoms with E-state index in [1.54, 1.807) is 25.3 Å². The van der Waals surface area contributed by atoms with Crippen LogP contribution in [-0.4, -0.2) is 40.4 Å². The van der Waals surface area contributed by atoms with Crippen molar-refractivity contribution in [3.05, 3.63) is 47.0 Å². The number of carbonyl (C=O) groups excluding carboxylic acids is 1. The van der Waals surface area contributed by atoms with E-state index in [9.17, 15) is 4.79 Å². The molecule has 0 unspecified atom stereocenters. The molecule has 134 valence electrons. The first-order valence-corrected chi connectivity index (χ1v) is 9.10. The Morgan fingerprint density at radius 1 is 1.44 bits per heavy atom. The molecular formula is C19H24ClN3O2. The molecule has 2 aromatic rings. The highest BCUT2D eigenvalue weighted by atomic mass is 35.5. The Bertz CT molecular complexity index is 744. The number of ketones is 1. The molecule has 1 aromatic carbocycles. The predicted molar refractivity (Wildman–Crippen MR) is 98.2 cm³/mol. The molecule has 1 aromatic heterocycles. The Labute approximate surface area is 153 Å². The maximum absolute atomic E-state index is 13.0. The van der Waals surface area contributed by atoms with Gasteiger partial charge in [-0.25, -0.2) is 4.98 Å². The topological polar surface area (TPSA) is 47.4 Å². The molecule has 1 fully saturated rings. The number of ether oxygens (including phenoxy) is 1. The number of methoxy groups -OCH3 is 1. The van der Waals surface area contributed by atoms with Gasteiger partial charge in [-0.3, -0.25) is 9.69 Å². The summed E-state index contributed by atoms with van der Waals surface area (Å²) in [4.78, 5) is 19.8. The van der Waals surface area contributed by atoms with E-state index in [4.69, 9.17) is 16.3 Å². The molecule has 2 heterocycles. The van der Waals surface area contributed by atoms with E-state index in [0.29, 0.717) is 16.3 Å². The fraction of sp³-hybridized carbons (Fsp3) is 0.474. The van der Waals surface area contributed by atoms with Crippen molar-refractivity contribution in [3.63, 3.8) is 0 Å². The maximum Gasteiger partial charge on any atom is 0.170 e. The summed E-state index contributed by atoms with van der Waals surface area (Å²) in [5, 5.41) is 0.557. The number of nitrogens with zero attached hydrogens (tertiary/aromatic N) is 3. The Kier molecular flexibility index (Phi) is 5.76. The first-order valence-electron chi connectivity index (χ1n) is 8.72. The number of hydrogen-bond acceptors (Lipinski definition) is 4. The number of aromatic nitrogens is 2. The van der Waals surface area contributed by atoms with Crippen molar-refractivity contribution in [2.45, 2.75) is 32.9 Å². The van der Waals surface area contributed by atoms with Crippen LogP contribution in [0.5, 0.6) is 5.75 Å². The summed E-state index contributed by atoms with van der Waals surface area (Å²) in [5.74, 6) is 1.72. The summed E-state index contributed by atoms with van der Waals surface area (Å²) in [7, 11) is 1.58. The van der Waals surface area contributed by atoms with Gasteiger partial charge in [0.2, 0.25) is 0 Å². The van der Waals surface area contributed by atoms with Crippen molar-refractivity contribution in [3.8, 4) is 5.75 Å². The van der Waals surface area contributed by atoms with Gasteiger partial charge in [-0.2, -0.15) is 0 Å². The van der Waals surface area contributed by atoms with Crippen LogP contribution in [-0.2, 0) is 13.1 Å². The maximum atomic E-state index is 13.0. The molecule has 0 amide bonds. The molecule has 0 saturated carbocycles. The minimum Gasteiger partial charge on any atom is -0.496 e. The molecular weight excluding hydrogens is 338 g/mol.